The molecule has 2 aliphatic rings. The Morgan fingerprint density at radius 3 is 2.12 bits per heavy atom. The molecule has 1 aliphatic heterocycles. The first-order valence-electron chi connectivity index (χ1n) is 11.8. The molecule has 0 amide bonds. The van der Waals surface area contributed by atoms with Gasteiger partial charge in [-0.05, 0) is 43.9 Å². The maximum absolute atomic E-state index is 14.2. The summed E-state index contributed by atoms with van der Waals surface area (Å²) in [6.07, 6.45) is 6.70. The van der Waals surface area contributed by atoms with Crippen molar-refractivity contribution in [1.82, 2.24) is 5.32 Å². The Labute approximate surface area is 199 Å². The highest BCUT2D eigenvalue weighted by Gasteiger charge is 2.38. The number of dihydropyridines is 1. The van der Waals surface area contributed by atoms with Gasteiger partial charge in [-0.25, -0.2) is 18.4 Å². The molecule has 0 saturated heterocycles. The van der Waals surface area contributed by atoms with E-state index in [-0.39, 0.29) is 36.5 Å². The minimum Gasteiger partial charge on any atom is -0.462 e. The van der Waals surface area contributed by atoms with Crippen molar-refractivity contribution < 1.29 is 32.6 Å². The van der Waals surface area contributed by atoms with Crippen LogP contribution in [0.1, 0.15) is 63.9 Å². The molecule has 1 N–H and O–H groups in total. The third-order valence-corrected chi connectivity index (χ3v) is 6.48. The number of esters is 2. The van der Waals surface area contributed by atoms with Gasteiger partial charge in [-0.3, -0.25) is 0 Å². The molecule has 1 aromatic carbocycles. The Morgan fingerprint density at radius 2 is 1.53 bits per heavy atom. The van der Waals surface area contributed by atoms with E-state index in [9.17, 15) is 18.4 Å². The number of hydrogen-bond donors (Lipinski definition) is 1. The van der Waals surface area contributed by atoms with Gasteiger partial charge in [0, 0.05) is 18.5 Å². The van der Waals surface area contributed by atoms with E-state index in [2.05, 4.69) is 5.32 Å². The molecule has 0 radical (unpaired) electrons. The predicted octanol–water partition coefficient (Wildman–Crippen LogP) is 4.90. The van der Waals surface area contributed by atoms with E-state index in [1.54, 1.807) is 13.8 Å². The molecule has 6 nitrogen and oxygen atoms in total. The average molecular weight is 478 g/mol. The van der Waals surface area contributed by atoms with Crippen LogP contribution in [-0.2, 0) is 23.8 Å². The van der Waals surface area contributed by atoms with Crippen LogP contribution in [0.5, 0.6) is 0 Å². The summed E-state index contributed by atoms with van der Waals surface area (Å²) in [4.78, 5) is 26.2. The van der Waals surface area contributed by atoms with E-state index in [0.29, 0.717) is 17.3 Å². The fourth-order valence-corrected chi connectivity index (χ4v) is 4.73. The zero-order chi connectivity index (χ0) is 24.7. The molecule has 0 spiro atoms. The van der Waals surface area contributed by atoms with Gasteiger partial charge >= 0.3 is 11.9 Å². The zero-order valence-electron chi connectivity index (χ0n) is 20.0. The Balaban J connectivity index is 1.88. The molecule has 1 saturated carbocycles. The zero-order valence-corrected chi connectivity index (χ0v) is 20.0. The summed E-state index contributed by atoms with van der Waals surface area (Å²) in [5.74, 6) is -3.77. The molecule has 1 unspecified atom stereocenters. The quantitative estimate of drug-likeness (QED) is 0.403. The van der Waals surface area contributed by atoms with E-state index >= 15 is 0 Å². The number of benzene rings is 1. The van der Waals surface area contributed by atoms with Crippen LogP contribution in [-0.4, -0.2) is 38.9 Å². The minimum absolute atomic E-state index is 0.0144. The normalized spacial score (nSPS) is 19.1. The maximum atomic E-state index is 14.2. The van der Waals surface area contributed by atoms with Crippen LogP contribution in [0.4, 0.5) is 8.78 Å². The molecule has 1 fully saturated rings. The van der Waals surface area contributed by atoms with Gasteiger partial charge in [0.1, 0.15) is 6.61 Å². The van der Waals surface area contributed by atoms with Gasteiger partial charge in [-0.1, -0.05) is 38.2 Å². The number of rotatable bonds is 9. The lowest BCUT2D eigenvalue weighted by atomic mass is 9.80. The lowest BCUT2D eigenvalue weighted by Crippen LogP contribution is -2.33. The fraction of sp³-hybridized carbons (Fsp3) is 0.538. The van der Waals surface area contributed by atoms with Gasteiger partial charge in [-0.15, -0.1) is 0 Å². The third-order valence-electron chi connectivity index (χ3n) is 6.48. The highest BCUT2D eigenvalue weighted by molar-refractivity contribution is 5.99. The lowest BCUT2D eigenvalue weighted by Gasteiger charge is -2.30. The molecule has 0 bridgehead atoms. The smallest absolute Gasteiger partial charge is 0.336 e. The van der Waals surface area contributed by atoms with Gasteiger partial charge in [0.05, 0.1) is 30.3 Å². The summed E-state index contributed by atoms with van der Waals surface area (Å²) in [5, 5.41) is 3.06. The Bertz CT molecular complexity index is 966. The van der Waals surface area contributed by atoms with E-state index < -0.39 is 29.5 Å². The van der Waals surface area contributed by atoms with Crippen molar-refractivity contribution in [2.45, 2.75) is 58.3 Å². The van der Waals surface area contributed by atoms with E-state index in [0.717, 1.165) is 31.4 Å². The molecule has 0 aromatic heterocycles. The number of ether oxygens (including phenoxy) is 3. The van der Waals surface area contributed by atoms with Gasteiger partial charge in [0.2, 0.25) is 0 Å². The van der Waals surface area contributed by atoms with Crippen molar-refractivity contribution >= 4 is 11.9 Å². The first-order valence-corrected chi connectivity index (χ1v) is 11.8. The minimum atomic E-state index is -1.07. The van der Waals surface area contributed by atoms with Gasteiger partial charge in [0.25, 0.3) is 0 Å². The lowest BCUT2D eigenvalue weighted by molar-refractivity contribution is -0.141. The Morgan fingerprint density at radius 1 is 0.912 bits per heavy atom. The molecule has 1 atom stereocenters. The fourth-order valence-electron chi connectivity index (χ4n) is 4.73. The van der Waals surface area contributed by atoms with Crippen LogP contribution in [0.2, 0.25) is 0 Å². The van der Waals surface area contributed by atoms with Gasteiger partial charge in [0.15, 0.2) is 11.6 Å². The van der Waals surface area contributed by atoms with E-state index in [4.69, 9.17) is 14.2 Å². The summed E-state index contributed by atoms with van der Waals surface area (Å²) in [7, 11) is 1.48. The molecule has 1 heterocycles. The van der Waals surface area contributed by atoms with Crippen LogP contribution in [0.15, 0.2) is 40.7 Å². The van der Waals surface area contributed by atoms with Crippen molar-refractivity contribution in [2.75, 3.05) is 26.9 Å². The van der Waals surface area contributed by atoms with Crippen molar-refractivity contribution in [3.63, 3.8) is 0 Å². The van der Waals surface area contributed by atoms with Crippen molar-refractivity contribution in [1.29, 1.82) is 0 Å². The Kier molecular flexibility index (Phi) is 9.21. The SMILES string of the molecule is COCCOC(=O)C1=C(C)NC(C)=C(C(=O)OCCC2CCCCC2)C1c1ccc(F)c(F)c1. The number of carbonyl (C=O) groups excluding carboxylic acids is 2. The van der Waals surface area contributed by atoms with Crippen molar-refractivity contribution in [3.05, 3.63) is 57.9 Å². The first-order chi connectivity index (χ1) is 16.3. The van der Waals surface area contributed by atoms with Crippen LogP contribution in [0.25, 0.3) is 0 Å². The summed E-state index contributed by atoms with van der Waals surface area (Å²) >= 11 is 0. The molecule has 1 aromatic rings. The predicted molar refractivity (Wildman–Crippen MR) is 123 cm³/mol. The Hall–Kier alpha value is -2.74. The summed E-state index contributed by atoms with van der Waals surface area (Å²) < 4.78 is 43.7. The second kappa shape index (κ2) is 12.1. The van der Waals surface area contributed by atoms with Gasteiger partial charge in [-0.2, -0.15) is 0 Å². The summed E-state index contributed by atoms with van der Waals surface area (Å²) in [6, 6.07) is 3.35. The summed E-state index contributed by atoms with van der Waals surface area (Å²) in [6.45, 7) is 3.85. The van der Waals surface area contributed by atoms with Crippen LogP contribution >= 0.6 is 0 Å². The first kappa shape index (κ1) is 25.9. The number of nitrogens with one attached hydrogen (secondary N) is 1. The number of allylic oxidation sites excluding steroid dienone is 2. The highest BCUT2D eigenvalue weighted by Crippen LogP contribution is 2.39. The molecule has 8 heteroatoms. The molecular formula is C26H33F2NO5. The van der Waals surface area contributed by atoms with Crippen LogP contribution in [0, 0.1) is 17.6 Å². The van der Waals surface area contributed by atoms with E-state index in [1.165, 1.54) is 32.4 Å². The number of halogens is 2. The topological polar surface area (TPSA) is 73.9 Å². The second-order valence-electron chi connectivity index (χ2n) is 8.87. The maximum Gasteiger partial charge on any atom is 0.336 e. The monoisotopic (exact) mass is 477 g/mol. The highest BCUT2D eigenvalue weighted by atomic mass is 19.2. The number of hydrogen-bond acceptors (Lipinski definition) is 6. The van der Waals surface area contributed by atoms with Crippen LogP contribution in [0.3, 0.4) is 0 Å². The number of methoxy groups -OCH3 is 1. The molecule has 34 heavy (non-hydrogen) atoms. The van der Waals surface area contributed by atoms with Crippen molar-refractivity contribution in [2.24, 2.45) is 5.92 Å². The summed E-state index contributed by atoms with van der Waals surface area (Å²) in [5.41, 5.74) is 1.54. The van der Waals surface area contributed by atoms with E-state index in [1.807, 2.05) is 0 Å². The third kappa shape index (κ3) is 6.23. The molecule has 1 aliphatic carbocycles. The molecule has 3 rings (SSSR count). The second-order valence-corrected chi connectivity index (χ2v) is 8.87. The number of carbonyl (C=O) groups is 2. The largest absolute Gasteiger partial charge is 0.462 e. The average Bonchev–Trinajstić information content (AvgIpc) is 2.81. The van der Waals surface area contributed by atoms with Crippen LogP contribution < -0.4 is 5.32 Å². The standard InChI is InChI=1S/C26H33F2NO5/c1-16-22(25(30)33-12-11-18-7-5-4-6-8-18)24(19-9-10-20(27)21(28)15-19)23(17(2)29-16)26(31)34-14-13-32-3/h9-10,15,18,24,29H,4-8,11-14H2,1-3H3. The van der Waals surface area contributed by atoms with Crippen molar-refractivity contribution in [3.8, 4) is 0 Å². The van der Waals surface area contributed by atoms with Gasteiger partial charge < -0.3 is 19.5 Å². The molecule has 186 valence electrons. The molecular weight excluding hydrogens is 444 g/mol.